The topological polar surface area (TPSA) is 29.4 Å². The Balaban J connectivity index is 2.41. The van der Waals surface area contributed by atoms with Gasteiger partial charge in [0.2, 0.25) is 0 Å². The zero-order valence-electron chi connectivity index (χ0n) is 11.8. The highest BCUT2D eigenvalue weighted by Crippen LogP contribution is 2.33. The Labute approximate surface area is 115 Å². The number of rotatable bonds is 7. The summed E-state index contributed by atoms with van der Waals surface area (Å²) in [5, 5.41) is 3.07. The van der Waals surface area contributed by atoms with Crippen LogP contribution in [0.25, 0.3) is 0 Å². The average Bonchev–Trinajstić information content (AvgIpc) is 2.35. The zero-order chi connectivity index (χ0) is 13.6. The van der Waals surface area contributed by atoms with Crippen LogP contribution in [-0.2, 0) is 6.42 Å². The lowest BCUT2D eigenvalue weighted by molar-refractivity contribution is 0.503. The van der Waals surface area contributed by atoms with E-state index in [9.17, 15) is 4.91 Å². The van der Waals surface area contributed by atoms with Gasteiger partial charge in [0.15, 0.2) is 0 Å². The molecule has 0 atom stereocenters. The summed E-state index contributed by atoms with van der Waals surface area (Å²) in [6.45, 7) is 9.11. The molecule has 0 heterocycles. The maximum Gasteiger partial charge on any atom is 0.111 e. The number of aryl methyl sites for hydroxylation is 1. The monoisotopic (exact) mass is 265 g/mol. The molecule has 0 spiro atoms. The summed E-state index contributed by atoms with van der Waals surface area (Å²) in [5.74, 6) is 1.80. The van der Waals surface area contributed by atoms with Crippen LogP contribution in [0.2, 0.25) is 0 Å². The minimum Gasteiger partial charge on any atom is -0.155 e. The molecular formula is C15H23NOS. The lowest BCUT2D eigenvalue weighted by Gasteiger charge is -2.28. The number of hydrogen-bond acceptors (Lipinski definition) is 3. The Morgan fingerprint density at radius 3 is 2.56 bits per heavy atom. The van der Waals surface area contributed by atoms with Crippen LogP contribution in [0.5, 0.6) is 0 Å². The van der Waals surface area contributed by atoms with Gasteiger partial charge in [-0.05, 0) is 41.3 Å². The van der Waals surface area contributed by atoms with E-state index in [4.69, 9.17) is 0 Å². The first kappa shape index (κ1) is 15.2. The van der Waals surface area contributed by atoms with Gasteiger partial charge < -0.3 is 0 Å². The molecule has 0 aromatic heterocycles. The summed E-state index contributed by atoms with van der Waals surface area (Å²) in [6, 6.07) is 7.61. The van der Waals surface area contributed by atoms with Crippen molar-refractivity contribution in [1.82, 2.24) is 0 Å². The first-order valence-electron chi connectivity index (χ1n) is 6.52. The van der Waals surface area contributed by atoms with Crippen molar-refractivity contribution >= 4 is 17.4 Å². The van der Waals surface area contributed by atoms with Crippen molar-refractivity contribution in [3.05, 3.63) is 34.7 Å². The van der Waals surface area contributed by atoms with E-state index in [-0.39, 0.29) is 0 Å². The van der Waals surface area contributed by atoms with Crippen molar-refractivity contribution in [2.75, 3.05) is 5.75 Å². The van der Waals surface area contributed by atoms with E-state index < -0.39 is 0 Å². The molecule has 0 aliphatic heterocycles. The normalized spacial score (nSPS) is 11.8. The summed E-state index contributed by atoms with van der Waals surface area (Å²) in [5.41, 5.74) is 1.65. The van der Waals surface area contributed by atoms with Crippen LogP contribution >= 0.6 is 11.8 Å². The molecule has 1 aromatic rings. The van der Waals surface area contributed by atoms with Gasteiger partial charge in [0.05, 0.1) is 0 Å². The minimum absolute atomic E-state index is 0.322. The third kappa shape index (κ3) is 4.45. The lowest BCUT2D eigenvalue weighted by Crippen LogP contribution is -2.23. The fourth-order valence-corrected chi connectivity index (χ4v) is 2.72. The molecule has 0 amide bonds. The number of nitrogens with zero attached hydrogens (tertiary/aromatic N) is 1. The van der Waals surface area contributed by atoms with Crippen LogP contribution in [0, 0.1) is 10.8 Å². The SMILES string of the molecule is CC(C)C(C)(C)SCCCc1ccccc1N=O. The molecule has 3 heteroatoms. The molecule has 1 rings (SSSR count). The molecule has 0 saturated carbocycles. The number of thioether (sulfide) groups is 1. The average molecular weight is 265 g/mol. The van der Waals surface area contributed by atoms with Crippen molar-refractivity contribution in [2.45, 2.75) is 45.3 Å². The maximum atomic E-state index is 10.7. The third-order valence-corrected chi connectivity index (χ3v) is 5.25. The smallest absolute Gasteiger partial charge is 0.111 e. The summed E-state index contributed by atoms with van der Waals surface area (Å²) in [6.07, 6.45) is 2.02. The van der Waals surface area contributed by atoms with Crippen LogP contribution in [0.3, 0.4) is 0 Å². The number of hydrogen-bond donors (Lipinski definition) is 0. The predicted molar refractivity (Wildman–Crippen MR) is 81.6 cm³/mol. The van der Waals surface area contributed by atoms with E-state index in [1.54, 1.807) is 6.07 Å². The van der Waals surface area contributed by atoms with E-state index in [2.05, 4.69) is 32.9 Å². The number of nitroso groups, excluding NO2 is 1. The van der Waals surface area contributed by atoms with Crippen LogP contribution in [0.1, 0.15) is 39.7 Å². The predicted octanol–water partition coefficient (Wildman–Crippen LogP) is 5.18. The second kappa shape index (κ2) is 6.93. The van der Waals surface area contributed by atoms with E-state index >= 15 is 0 Å². The highest BCUT2D eigenvalue weighted by molar-refractivity contribution is 8.00. The molecule has 2 nitrogen and oxygen atoms in total. The van der Waals surface area contributed by atoms with Gasteiger partial charge in [-0.3, -0.25) is 0 Å². The fourth-order valence-electron chi connectivity index (χ4n) is 1.58. The molecule has 1 aromatic carbocycles. The Hall–Kier alpha value is -0.830. The van der Waals surface area contributed by atoms with E-state index in [1.165, 1.54) is 0 Å². The molecule has 0 aliphatic carbocycles. The molecule has 0 saturated heterocycles. The molecular weight excluding hydrogens is 242 g/mol. The summed E-state index contributed by atoms with van der Waals surface area (Å²) >= 11 is 2.01. The van der Waals surface area contributed by atoms with Crippen molar-refractivity contribution < 1.29 is 0 Å². The minimum atomic E-state index is 0.322. The Bertz CT molecular complexity index is 388. The molecule has 0 radical (unpaired) electrons. The van der Waals surface area contributed by atoms with Crippen LogP contribution < -0.4 is 0 Å². The largest absolute Gasteiger partial charge is 0.155 e. The van der Waals surface area contributed by atoms with Crippen LogP contribution in [0.15, 0.2) is 29.4 Å². The van der Waals surface area contributed by atoms with Gasteiger partial charge in [-0.1, -0.05) is 45.9 Å². The first-order valence-corrected chi connectivity index (χ1v) is 7.51. The molecule has 100 valence electrons. The molecule has 0 bridgehead atoms. The van der Waals surface area contributed by atoms with Crippen LogP contribution in [-0.4, -0.2) is 10.5 Å². The van der Waals surface area contributed by atoms with Gasteiger partial charge in [-0.2, -0.15) is 11.8 Å². The number of benzene rings is 1. The van der Waals surface area contributed by atoms with Gasteiger partial charge in [0.1, 0.15) is 5.69 Å². The van der Waals surface area contributed by atoms with Crippen LogP contribution in [0.4, 0.5) is 5.69 Å². The Morgan fingerprint density at radius 1 is 1.28 bits per heavy atom. The zero-order valence-corrected chi connectivity index (χ0v) is 12.6. The fraction of sp³-hybridized carbons (Fsp3) is 0.600. The molecule has 18 heavy (non-hydrogen) atoms. The second-order valence-corrected chi connectivity index (χ2v) is 7.18. The maximum absolute atomic E-state index is 10.7. The summed E-state index contributed by atoms with van der Waals surface area (Å²) in [4.78, 5) is 10.7. The lowest BCUT2D eigenvalue weighted by atomic mass is 10.00. The first-order chi connectivity index (χ1) is 8.47. The van der Waals surface area contributed by atoms with E-state index in [1.807, 2.05) is 30.0 Å². The molecule has 0 aliphatic rings. The van der Waals surface area contributed by atoms with Gasteiger partial charge in [0.25, 0.3) is 0 Å². The highest BCUT2D eigenvalue weighted by atomic mass is 32.2. The van der Waals surface area contributed by atoms with Crippen molar-refractivity contribution in [3.63, 3.8) is 0 Å². The summed E-state index contributed by atoms with van der Waals surface area (Å²) < 4.78 is 0.322. The third-order valence-electron chi connectivity index (χ3n) is 3.54. The molecule has 0 unspecified atom stereocenters. The van der Waals surface area contributed by atoms with Gasteiger partial charge in [-0.15, -0.1) is 4.91 Å². The van der Waals surface area contributed by atoms with Gasteiger partial charge >= 0.3 is 0 Å². The van der Waals surface area contributed by atoms with Crippen molar-refractivity contribution in [1.29, 1.82) is 0 Å². The van der Waals surface area contributed by atoms with Gasteiger partial charge in [-0.25, -0.2) is 0 Å². The van der Waals surface area contributed by atoms with E-state index in [0.717, 1.165) is 24.2 Å². The van der Waals surface area contributed by atoms with Crippen molar-refractivity contribution in [3.8, 4) is 0 Å². The standard InChI is InChI=1S/C15H23NOS/c1-12(2)15(3,4)18-11-7-9-13-8-5-6-10-14(13)16-17/h5-6,8,10,12H,7,9,11H2,1-4H3. The van der Waals surface area contributed by atoms with E-state index in [0.29, 0.717) is 16.4 Å². The highest BCUT2D eigenvalue weighted by Gasteiger charge is 2.22. The quantitative estimate of drug-likeness (QED) is 0.502. The summed E-state index contributed by atoms with van der Waals surface area (Å²) in [7, 11) is 0. The Morgan fingerprint density at radius 2 is 1.94 bits per heavy atom. The molecule has 0 fully saturated rings. The molecule has 0 N–H and O–H groups in total. The van der Waals surface area contributed by atoms with Crippen molar-refractivity contribution in [2.24, 2.45) is 11.1 Å². The Kier molecular flexibility index (Phi) is 5.86. The second-order valence-electron chi connectivity index (χ2n) is 5.43. The van der Waals surface area contributed by atoms with Gasteiger partial charge in [0, 0.05) is 4.75 Å².